The van der Waals surface area contributed by atoms with E-state index < -0.39 is 0 Å². The minimum atomic E-state index is -0.295. The van der Waals surface area contributed by atoms with Crippen molar-refractivity contribution in [3.05, 3.63) is 60.2 Å². The van der Waals surface area contributed by atoms with Gasteiger partial charge in [0.2, 0.25) is 0 Å². The van der Waals surface area contributed by atoms with E-state index in [9.17, 15) is 0 Å². The third-order valence-electron chi connectivity index (χ3n) is 10.8. The smallest absolute Gasteiger partial charge is 0.191 e. The summed E-state index contributed by atoms with van der Waals surface area (Å²) in [7, 11) is 1.66. The van der Waals surface area contributed by atoms with E-state index in [2.05, 4.69) is 66.4 Å². The Morgan fingerprint density at radius 3 is 2.21 bits per heavy atom. The van der Waals surface area contributed by atoms with Gasteiger partial charge in [-0.3, -0.25) is 4.90 Å². The van der Waals surface area contributed by atoms with E-state index in [0.29, 0.717) is 0 Å². The fourth-order valence-corrected chi connectivity index (χ4v) is 9.03. The minimum Gasteiger partial charge on any atom is -0.475 e. The van der Waals surface area contributed by atoms with Gasteiger partial charge in [0.05, 0.1) is 0 Å². The highest BCUT2D eigenvalue weighted by atomic mass is 35.5. The Morgan fingerprint density at radius 1 is 0.814 bits per heavy atom. The fraction of sp³-hybridized carbons (Fsp3) is 0.568. The molecule has 1 saturated heterocycles. The van der Waals surface area contributed by atoms with Crippen molar-refractivity contribution in [2.45, 2.75) is 89.6 Å². The molecule has 8 rings (SSSR count). The lowest BCUT2D eigenvalue weighted by Crippen LogP contribution is -2.48. The van der Waals surface area contributed by atoms with E-state index in [1.807, 2.05) is 6.92 Å². The van der Waals surface area contributed by atoms with E-state index in [4.69, 9.17) is 18.9 Å². The van der Waals surface area contributed by atoms with Gasteiger partial charge in [-0.2, -0.15) is 0 Å². The highest BCUT2D eigenvalue weighted by molar-refractivity contribution is 5.90. The summed E-state index contributed by atoms with van der Waals surface area (Å²) >= 11 is 0. The zero-order valence-corrected chi connectivity index (χ0v) is 26.9. The number of ether oxygens (including phenoxy) is 4. The maximum absolute atomic E-state index is 6.61. The average Bonchev–Trinajstić information content (AvgIpc) is 3.00. The second kappa shape index (κ2) is 13.0. The number of para-hydroxylation sites is 1. The third kappa shape index (κ3) is 6.29. The van der Waals surface area contributed by atoms with Gasteiger partial charge in [0, 0.05) is 31.3 Å². The predicted molar refractivity (Wildman–Crippen MR) is 175 cm³/mol. The monoisotopic (exact) mass is 605 g/mol. The zero-order valence-electron chi connectivity index (χ0n) is 26.1. The number of methoxy groups -OCH3 is 1. The Balaban J connectivity index is 0.00000329. The van der Waals surface area contributed by atoms with Crippen molar-refractivity contribution in [3.8, 4) is 22.6 Å². The number of hydrogen-bond acceptors (Lipinski definition) is 5. The molecule has 5 nitrogen and oxygen atoms in total. The summed E-state index contributed by atoms with van der Waals surface area (Å²) in [6, 6.07) is 20.1. The molecule has 232 valence electrons. The molecule has 4 aliphatic carbocycles. The lowest BCUT2D eigenvalue weighted by atomic mass is 9.48. The molecule has 4 bridgehead atoms. The summed E-state index contributed by atoms with van der Waals surface area (Å²) in [5, 5.41) is 2.47. The quantitative estimate of drug-likeness (QED) is 0.216. The molecule has 1 aliphatic heterocycles. The Bertz CT molecular complexity index is 1370. The number of piperidine rings is 1. The van der Waals surface area contributed by atoms with E-state index in [1.165, 1.54) is 79.7 Å². The molecule has 1 heterocycles. The van der Waals surface area contributed by atoms with Crippen LogP contribution in [0.3, 0.4) is 0 Å². The van der Waals surface area contributed by atoms with Crippen LogP contribution in [0.4, 0.5) is 0 Å². The van der Waals surface area contributed by atoms with Gasteiger partial charge in [0.25, 0.3) is 0 Å². The minimum absolute atomic E-state index is 0. The van der Waals surface area contributed by atoms with Crippen molar-refractivity contribution >= 4 is 23.2 Å². The van der Waals surface area contributed by atoms with Crippen molar-refractivity contribution in [2.75, 3.05) is 27.0 Å². The van der Waals surface area contributed by atoms with E-state index >= 15 is 0 Å². The molecule has 43 heavy (non-hydrogen) atoms. The third-order valence-corrected chi connectivity index (χ3v) is 10.8. The molecule has 0 N–H and O–H groups in total. The first-order chi connectivity index (χ1) is 20.5. The van der Waals surface area contributed by atoms with Crippen LogP contribution in [0.15, 0.2) is 54.6 Å². The second-order valence-electron chi connectivity index (χ2n) is 13.7. The number of halogens is 1. The first kappa shape index (κ1) is 30.7. The molecule has 2 unspecified atom stereocenters. The van der Waals surface area contributed by atoms with Crippen LogP contribution in [-0.2, 0) is 14.9 Å². The number of hydrogen-bond donors (Lipinski definition) is 0. The summed E-state index contributed by atoms with van der Waals surface area (Å²) < 4.78 is 24.1. The Morgan fingerprint density at radius 2 is 1.51 bits per heavy atom. The van der Waals surface area contributed by atoms with Crippen LogP contribution in [0.2, 0.25) is 0 Å². The second-order valence-corrected chi connectivity index (χ2v) is 13.7. The van der Waals surface area contributed by atoms with Crippen LogP contribution in [-0.4, -0.2) is 44.4 Å². The van der Waals surface area contributed by atoms with Gasteiger partial charge in [0.15, 0.2) is 13.1 Å². The van der Waals surface area contributed by atoms with Crippen LogP contribution in [0, 0.1) is 17.8 Å². The van der Waals surface area contributed by atoms with Crippen LogP contribution >= 0.6 is 12.4 Å². The molecular formula is C37H48ClNO4. The molecule has 3 aromatic rings. The van der Waals surface area contributed by atoms with Gasteiger partial charge in [-0.15, -0.1) is 12.4 Å². The standard InChI is InChI=1S/C37H47NO4.ClH/c1-25(38-13-7-4-8-14-38)42-35-10-6-5-9-33(35)31-12-11-30-20-36(41-24-40-26(2)39-3)34(19-32(30)18-31)37-21-27-15-28(22-37)17-29(16-27)23-37;/h5-6,9-12,18-20,25-29H,4,7-8,13-17,21-24H2,1-3H3;1H. The molecule has 3 aromatic carbocycles. The summed E-state index contributed by atoms with van der Waals surface area (Å²) in [5.74, 6) is 4.53. The van der Waals surface area contributed by atoms with Crippen LogP contribution in [0.1, 0.15) is 77.2 Å². The summed E-state index contributed by atoms with van der Waals surface area (Å²) in [5.41, 5.74) is 3.96. The number of fused-ring (bicyclic) bond motifs is 1. The van der Waals surface area contributed by atoms with Gasteiger partial charge in [-0.05, 0) is 129 Å². The number of likely N-dealkylation sites (tertiary alicyclic amines) is 1. The van der Waals surface area contributed by atoms with Crippen molar-refractivity contribution in [1.29, 1.82) is 0 Å². The lowest BCUT2D eigenvalue weighted by Gasteiger charge is -2.57. The van der Waals surface area contributed by atoms with Crippen molar-refractivity contribution in [3.63, 3.8) is 0 Å². The predicted octanol–water partition coefficient (Wildman–Crippen LogP) is 8.95. The highest BCUT2D eigenvalue weighted by Gasteiger charge is 2.52. The molecule has 5 aliphatic rings. The van der Waals surface area contributed by atoms with E-state index in [1.54, 1.807) is 7.11 Å². The molecular weight excluding hydrogens is 558 g/mol. The highest BCUT2D eigenvalue weighted by Crippen LogP contribution is 2.62. The van der Waals surface area contributed by atoms with Gasteiger partial charge >= 0.3 is 0 Å². The maximum Gasteiger partial charge on any atom is 0.191 e. The van der Waals surface area contributed by atoms with Crippen molar-refractivity contribution in [1.82, 2.24) is 4.90 Å². The van der Waals surface area contributed by atoms with Crippen LogP contribution in [0.5, 0.6) is 11.5 Å². The van der Waals surface area contributed by atoms with E-state index in [0.717, 1.165) is 47.9 Å². The Labute approximate surface area is 263 Å². The fourth-order valence-electron chi connectivity index (χ4n) is 9.03. The van der Waals surface area contributed by atoms with Crippen LogP contribution < -0.4 is 9.47 Å². The largest absolute Gasteiger partial charge is 0.475 e. The first-order valence-corrected chi connectivity index (χ1v) is 16.4. The SMILES string of the molecule is COC(C)OCOc1cc2ccc(-c3ccccc3OC(C)N3CCCCC3)cc2cc1C12CC3CC(CC(C3)C1)C2.Cl. The molecule has 0 spiro atoms. The molecule has 6 heteroatoms. The van der Waals surface area contributed by atoms with Gasteiger partial charge < -0.3 is 18.9 Å². The maximum atomic E-state index is 6.61. The number of benzene rings is 3. The molecule has 0 amide bonds. The normalized spacial score (nSPS) is 27.9. The molecule has 4 saturated carbocycles. The van der Waals surface area contributed by atoms with Crippen LogP contribution in [0.25, 0.3) is 21.9 Å². The van der Waals surface area contributed by atoms with Gasteiger partial charge in [-0.1, -0.05) is 36.8 Å². The Kier molecular flexibility index (Phi) is 9.26. The molecule has 0 aromatic heterocycles. The van der Waals surface area contributed by atoms with Gasteiger partial charge in [-0.25, -0.2) is 0 Å². The lowest BCUT2D eigenvalue weighted by molar-refractivity contribution is -0.150. The Hall–Kier alpha value is -2.31. The van der Waals surface area contributed by atoms with Crippen molar-refractivity contribution in [2.24, 2.45) is 17.8 Å². The zero-order chi connectivity index (χ0) is 28.7. The summed E-state index contributed by atoms with van der Waals surface area (Å²) in [6.07, 6.45) is 11.8. The molecule has 0 radical (unpaired) electrons. The molecule has 2 atom stereocenters. The molecule has 5 fully saturated rings. The number of rotatable bonds is 10. The first-order valence-electron chi connectivity index (χ1n) is 16.4. The van der Waals surface area contributed by atoms with Crippen molar-refractivity contribution < 1.29 is 18.9 Å². The topological polar surface area (TPSA) is 40.2 Å². The number of nitrogens with zero attached hydrogens (tertiary/aromatic N) is 1. The van der Waals surface area contributed by atoms with Gasteiger partial charge in [0.1, 0.15) is 17.7 Å². The average molecular weight is 606 g/mol. The van der Waals surface area contributed by atoms with E-state index in [-0.39, 0.29) is 37.1 Å². The summed E-state index contributed by atoms with van der Waals surface area (Å²) in [4.78, 5) is 2.47. The summed E-state index contributed by atoms with van der Waals surface area (Å²) in [6.45, 7) is 6.52.